The normalized spacial score (nSPS) is 20.3. The third kappa shape index (κ3) is 7.85. The maximum Gasteiger partial charge on any atom is 0.239 e. The van der Waals surface area contributed by atoms with Crippen molar-refractivity contribution in [3.05, 3.63) is 35.6 Å². The van der Waals surface area contributed by atoms with Crippen LogP contribution in [0.2, 0.25) is 0 Å². The third-order valence-electron chi connectivity index (χ3n) is 5.13. The van der Waals surface area contributed by atoms with Gasteiger partial charge in [0.25, 0.3) is 0 Å². The molecule has 1 aliphatic rings. The molecule has 1 amide bonds. The Morgan fingerprint density at radius 3 is 2.29 bits per heavy atom. The summed E-state index contributed by atoms with van der Waals surface area (Å²) in [7, 11) is 0.0883. The maximum absolute atomic E-state index is 13.1. The second kappa shape index (κ2) is 10.3. The molecule has 2 rings (SSSR count). The van der Waals surface area contributed by atoms with E-state index >= 15 is 0 Å². The molecular formula is C20H32FN3O3S. The van der Waals surface area contributed by atoms with Crippen molar-refractivity contribution in [2.45, 2.75) is 45.2 Å². The predicted octanol–water partition coefficient (Wildman–Crippen LogP) is 2.21. The summed E-state index contributed by atoms with van der Waals surface area (Å²) >= 11 is 0. The van der Waals surface area contributed by atoms with Gasteiger partial charge in [0.1, 0.15) is 11.6 Å². The topological polar surface area (TPSA) is 69.7 Å². The Morgan fingerprint density at radius 2 is 1.71 bits per heavy atom. The van der Waals surface area contributed by atoms with E-state index in [2.05, 4.69) is 11.6 Å². The zero-order valence-corrected chi connectivity index (χ0v) is 17.8. The average Bonchev–Trinajstić information content (AvgIpc) is 2.61. The van der Waals surface area contributed by atoms with Gasteiger partial charge in [-0.2, -0.15) is 0 Å². The first-order valence-electron chi connectivity index (χ1n) is 9.81. The summed E-state index contributed by atoms with van der Waals surface area (Å²) in [6, 6.07) is 5.82. The number of carbonyl (C=O) groups is 1. The van der Waals surface area contributed by atoms with E-state index in [1.54, 1.807) is 12.1 Å². The molecule has 8 heteroatoms. The lowest BCUT2D eigenvalue weighted by atomic mass is 9.88. The van der Waals surface area contributed by atoms with Crippen molar-refractivity contribution in [2.75, 3.05) is 32.9 Å². The highest BCUT2D eigenvalue weighted by molar-refractivity contribution is 7.90. The Morgan fingerprint density at radius 1 is 1.11 bits per heavy atom. The average molecular weight is 414 g/mol. The predicted molar refractivity (Wildman–Crippen MR) is 109 cm³/mol. The molecule has 0 spiro atoms. The summed E-state index contributed by atoms with van der Waals surface area (Å²) in [4.78, 5) is 16.2. The lowest BCUT2D eigenvalue weighted by molar-refractivity contribution is -0.129. The number of benzene rings is 1. The summed E-state index contributed by atoms with van der Waals surface area (Å²) < 4.78 is 40.9. The molecule has 0 atom stereocenters. The number of halogens is 1. The second-order valence-electron chi connectivity index (χ2n) is 8.08. The molecule has 1 saturated carbocycles. The Kier molecular flexibility index (Phi) is 8.39. The number of likely N-dealkylation sites (N-methyl/N-ethyl adjacent to an activating group) is 1. The number of carbonyl (C=O) groups excluding carboxylic acids is 1. The molecule has 1 fully saturated rings. The zero-order chi connectivity index (χ0) is 20.7. The van der Waals surface area contributed by atoms with E-state index in [-0.39, 0.29) is 18.4 Å². The third-order valence-corrected chi connectivity index (χ3v) is 6.45. The van der Waals surface area contributed by atoms with Gasteiger partial charge in [0, 0.05) is 25.7 Å². The van der Waals surface area contributed by atoms with Crippen LogP contribution in [0.3, 0.4) is 0 Å². The minimum Gasteiger partial charge on any atom is -0.336 e. The molecule has 158 valence electrons. The molecule has 0 heterocycles. The van der Waals surface area contributed by atoms with Crippen molar-refractivity contribution < 1.29 is 17.6 Å². The minimum atomic E-state index is -3.70. The van der Waals surface area contributed by atoms with Crippen molar-refractivity contribution in [3.63, 3.8) is 0 Å². The number of hydrogen-bond acceptors (Lipinski definition) is 4. The molecule has 0 bridgehead atoms. The molecule has 0 saturated heterocycles. The van der Waals surface area contributed by atoms with Crippen LogP contribution in [0.15, 0.2) is 24.3 Å². The van der Waals surface area contributed by atoms with Crippen LogP contribution < -0.4 is 4.72 Å². The van der Waals surface area contributed by atoms with Crippen LogP contribution in [-0.2, 0) is 21.4 Å². The van der Waals surface area contributed by atoms with Crippen molar-refractivity contribution in [1.29, 1.82) is 0 Å². The molecule has 0 unspecified atom stereocenters. The van der Waals surface area contributed by atoms with Gasteiger partial charge >= 0.3 is 0 Å². The fraction of sp³-hybridized carbons (Fsp3) is 0.650. The molecule has 0 aliphatic heterocycles. The van der Waals surface area contributed by atoms with E-state index in [9.17, 15) is 17.6 Å². The summed E-state index contributed by atoms with van der Waals surface area (Å²) in [5, 5.41) is 0. The number of nitrogens with zero attached hydrogens (tertiary/aromatic N) is 2. The van der Waals surface area contributed by atoms with Gasteiger partial charge < -0.3 is 9.80 Å². The number of sulfonamides is 1. The molecule has 28 heavy (non-hydrogen) atoms. The summed E-state index contributed by atoms with van der Waals surface area (Å²) in [5.41, 5.74) is 0.764. The lowest BCUT2D eigenvalue weighted by Crippen LogP contribution is -2.44. The molecule has 6 nitrogen and oxygen atoms in total. The minimum absolute atomic E-state index is 0.0821. The van der Waals surface area contributed by atoms with Crippen molar-refractivity contribution in [3.8, 4) is 0 Å². The van der Waals surface area contributed by atoms with Gasteiger partial charge in [-0.3, -0.25) is 4.79 Å². The van der Waals surface area contributed by atoms with Gasteiger partial charge in [-0.25, -0.2) is 17.5 Å². The standard InChI is InChI=1S/C20H32FN3O3S/c1-16-4-10-19(11-5-16)22-28(26,27)15-20(25)24(13-12-23(2)3)14-17-6-8-18(21)9-7-17/h6-9,16,19,22H,4-5,10-15H2,1-3H3. The number of hydrogen-bond donors (Lipinski definition) is 1. The quantitative estimate of drug-likeness (QED) is 0.674. The SMILES string of the molecule is CC1CCC(NS(=O)(=O)CC(=O)N(CCN(C)C)Cc2ccc(F)cc2)CC1. The van der Waals surface area contributed by atoms with E-state index in [1.807, 2.05) is 19.0 Å². The molecular weight excluding hydrogens is 381 g/mol. The highest BCUT2D eigenvalue weighted by Crippen LogP contribution is 2.23. The highest BCUT2D eigenvalue weighted by atomic mass is 32.2. The largest absolute Gasteiger partial charge is 0.336 e. The molecule has 1 aromatic rings. The van der Waals surface area contributed by atoms with Crippen molar-refractivity contribution in [1.82, 2.24) is 14.5 Å². The smallest absolute Gasteiger partial charge is 0.239 e. The van der Waals surface area contributed by atoms with Gasteiger partial charge in [-0.15, -0.1) is 0 Å². The van der Waals surface area contributed by atoms with E-state index in [4.69, 9.17) is 0 Å². The first-order chi connectivity index (χ1) is 13.1. The van der Waals surface area contributed by atoms with Crippen LogP contribution in [0.1, 0.15) is 38.2 Å². The fourth-order valence-corrected chi connectivity index (χ4v) is 4.68. The number of nitrogens with one attached hydrogen (secondary N) is 1. The van der Waals surface area contributed by atoms with Crippen LogP contribution in [0.5, 0.6) is 0 Å². The van der Waals surface area contributed by atoms with Crippen molar-refractivity contribution in [2.24, 2.45) is 5.92 Å². The van der Waals surface area contributed by atoms with E-state index in [0.29, 0.717) is 19.0 Å². The van der Waals surface area contributed by atoms with Crippen LogP contribution >= 0.6 is 0 Å². The summed E-state index contributed by atoms with van der Waals surface area (Å²) in [6.45, 7) is 3.44. The molecule has 1 N–H and O–H groups in total. The van der Waals surface area contributed by atoms with Crippen LogP contribution in [0.25, 0.3) is 0 Å². The highest BCUT2D eigenvalue weighted by Gasteiger charge is 2.26. The molecule has 0 radical (unpaired) electrons. The second-order valence-corrected chi connectivity index (χ2v) is 9.83. The Bertz CT molecular complexity index is 730. The first-order valence-corrected chi connectivity index (χ1v) is 11.5. The maximum atomic E-state index is 13.1. The summed E-state index contributed by atoms with van der Waals surface area (Å²) in [5.74, 6) is -0.723. The van der Waals surface area contributed by atoms with Crippen LogP contribution in [0, 0.1) is 11.7 Å². The van der Waals surface area contributed by atoms with Crippen LogP contribution in [-0.4, -0.2) is 63.1 Å². The zero-order valence-electron chi connectivity index (χ0n) is 17.0. The molecule has 1 aromatic carbocycles. The van der Waals surface area contributed by atoms with Gasteiger partial charge in [0.2, 0.25) is 15.9 Å². The first kappa shape index (κ1) is 22.8. The van der Waals surface area contributed by atoms with Gasteiger partial charge in [0.15, 0.2) is 0 Å². The Labute approximate surface area is 168 Å². The molecule has 0 aromatic heterocycles. The van der Waals surface area contributed by atoms with Crippen molar-refractivity contribution >= 4 is 15.9 Å². The number of amides is 1. The van der Waals surface area contributed by atoms with Gasteiger partial charge in [0.05, 0.1) is 0 Å². The fourth-order valence-electron chi connectivity index (χ4n) is 3.35. The van der Waals surface area contributed by atoms with Gasteiger partial charge in [-0.05, 0) is 63.4 Å². The monoisotopic (exact) mass is 413 g/mol. The Balaban J connectivity index is 2.00. The van der Waals surface area contributed by atoms with E-state index < -0.39 is 21.7 Å². The Hall–Kier alpha value is -1.51. The van der Waals surface area contributed by atoms with Crippen LogP contribution in [0.4, 0.5) is 4.39 Å². The number of rotatable bonds is 9. The lowest BCUT2D eigenvalue weighted by Gasteiger charge is -2.28. The van der Waals surface area contributed by atoms with Gasteiger partial charge in [-0.1, -0.05) is 19.1 Å². The van der Waals surface area contributed by atoms with E-state index in [0.717, 1.165) is 31.2 Å². The van der Waals surface area contributed by atoms with E-state index in [1.165, 1.54) is 17.0 Å². The summed E-state index contributed by atoms with van der Waals surface area (Å²) in [6.07, 6.45) is 3.63. The molecule has 1 aliphatic carbocycles.